The highest BCUT2D eigenvalue weighted by atomic mass is 32.1. The lowest BCUT2D eigenvalue weighted by Gasteiger charge is -2.25. The van der Waals surface area contributed by atoms with Crippen LogP contribution >= 0.6 is 11.3 Å². The molecule has 0 saturated carbocycles. The minimum atomic E-state index is -0.00688. The standard InChI is InChI=1S/C16H19NO2S/c1-19-15-6-5-12(9-11(15)10-18)17-14-3-2-4-16-13(14)7-8-20-16/h5-9,14,17-18H,2-4,10H2,1H3. The smallest absolute Gasteiger partial charge is 0.124 e. The van der Waals surface area contributed by atoms with E-state index in [0.29, 0.717) is 6.04 Å². The van der Waals surface area contributed by atoms with E-state index in [2.05, 4.69) is 16.8 Å². The number of methoxy groups -OCH3 is 1. The van der Waals surface area contributed by atoms with Crippen LogP contribution in [0.2, 0.25) is 0 Å². The zero-order chi connectivity index (χ0) is 13.9. The molecule has 0 spiro atoms. The summed E-state index contributed by atoms with van der Waals surface area (Å²) in [5.41, 5.74) is 3.29. The number of nitrogens with one attached hydrogen (secondary N) is 1. The summed E-state index contributed by atoms with van der Waals surface area (Å²) in [5, 5.41) is 15.2. The van der Waals surface area contributed by atoms with Gasteiger partial charge in [0, 0.05) is 16.1 Å². The maximum Gasteiger partial charge on any atom is 0.124 e. The van der Waals surface area contributed by atoms with Crippen molar-refractivity contribution in [2.75, 3.05) is 12.4 Å². The number of aliphatic hydroxyl groups is 1. The van der Waals surface area contributed by atoms with E-state index in [1.807, 2.05) is 29.5 Å². The van der Waals surface area contributed by atoms with Crippen LogP contribution in [-0.2, 0) is 13.0 Å². The van der Waals surface area contributed by atoms with Gasteiger partial charge in [-0.25, -0.2) is 0 Å². The Labute approximate surface area is 123 Å². The Morgan fingerprint density at radius 3 is 3.10 bits per heavy atom. The second-order valence-electron chi connectivity index (χ2n) is 5.07. The first-order chi connectivity index (χ1) is 9.81. The average molecular weight is 289 g/mol. The van der Waals surface area contributed by atoms with Crippen molar-refractivity contribution in [3.8, 4) is 5.75 Å². The molecule has 1 aliphatic rings. The molecule has 0 amide bonds. The number of aliphatic hydroxyl groups excluding tert-OH is 1. The van der Waals surface area contributed by atoms with Crippen molar-refractivity contribution in [1.29, 1.82) is 0 Å². The first kappa shape index (κ1) is 13.5. The quantitative estimate of drug-likeness (QED) is 0.901. The molecule has 0 radical (unpaired) electrons. The van der Waals surface area contributed by atoms with E-state index in [-0.39, 0.29) is 6.61 Å². The third-order valence-corrected chi connectivity index (χ3v) is 4.84. The van der Waals surface area contributed by atoms with Gasteiger partial charge in [0.15, 0.2) is 0 Å². The number of benzene rings is 1. The molecular formula is C16H19NO2S. The molecule has 0 bridgehead atoms. The Kier molecular flexibility index (Phi) is 3.94. The van der Waals surface area contributed by atoms with Gasteiger partial charge in [0.1, 0.15) is 5.75 Å². The summed E-state index contributed by atoms with van der Waals surface area (Å²) in [6, 6.07) is 8.50. The molecule has 2 aromatic rings. The number of fused-ring (bicyclic) bond motifs is 1. The summed E-state index contributed by atoms with van der Waals surface area (Å²) < 4.78 is 5.24. The largest absolute Gasteiger partial charge is 0.496 e. The van der Waals surface area contributed by atoms with Crippen molar-refractivity contribution in [3.05, 3.63) is 45.6 Å². The first-order valence-electron chi connectivity index (χ1n) is 6.92. The predicted molar refractivity (Wildman–Crippen MR) is 82.5 cm³/mol. The van der Waals surface area contributed by atoms with E-state index in [1.165, 1.54) is 23.3 Å². The Balaban J connectivity index is 1.82. The SMILES string of the molecule is COc1ccc(NC2CCCc3sccc32)cc1CO. The van der Waals surface area contributed by atoms with Crippen LogP contribution in [0.5, 0.6) is 5.75 Å². The monoisotopic (exact) mass is 289 g/mol. The van der Waals surface area contributed by atoms with Crippen LogP contribution in [0.3, 0.4) is 0 Å². The van der Waals surface area contributed by atoms with Crippen LogP contribution in [0.1, 0.15) is 34.9 Å². The highest BCUT2D eigenvalue weighted by Crippen LogP contribution is 2.36. The molecule has 1 heterocycles. The summed E-state index contributed by atoms with van der Waals surface area (Å²) in [7, 11) is 1.63. The summed E-state index contributed by atoms with van der Waals surface area (Å²) >= 11 is 1.85. The van der Waals surface area contributed by atoms with Crippen LogP contribution in [-0.4, -0.2) is 12.2 Å². The molecule has 2 N–H and O–H groups in total. The third kappa shape index (κ3) is 2.53. The number of thiophene rings is 1. The van der Waals surface area contributed by atoms with Crippen molar-refractivity contribution in [1.82, 2.24) is 0 Å². The number of rotatable bonds is 4. The van der Waals surface area contributed by atoms with Gasteiger partial charge in [0.2, 0.25) is 0 Å². The lowest BCUT2D eigenvalue weighted by atomic mass is 9.94. The summed E-state index contributed by atoms with van der Waals surface area (Å²) in [5.74, 6) is 0.734. The fraction of sp³-hybridized carbons (Fsp3) is 0.375. The summed E-state index contributed by atoms with van der Waals surface area (Å²) in [6.45, 7) is -0.00688. The van der Waals surface area contributed by atoms with Gasteiger partial charge in [0.25, 0.3) is 0 Å². The molecule has 0 saturated heterocycles. The molecule has 0 fully saturated rings. The zero-order valence-corrected chi connectivity index (χ0v) is 12.4. The van der Waals surface area contributed by atoms with Crippen molar-refractivity contribution in [2.45, 2.75) is 31.9 Å². The van der Waals surface area contributed by atoms with E-state index in [9.17, 15) is 5.11 Å². The molecule has 3 rings (SSSR count). The topological polar surface area (TPSA) is 41.5 Å². The fourth-order valence-electron chi connectivity index (χ4n) is 2.83. The van der Waals surface area contributed by atoms with Crippen molar-refractivity contribution in [3.63, 3.8) is 0 Å². The molecule has 3 nitrogen and oxygen atoms in total. The van der Waals surface area contributed by atoms with Gasteiger partial charge in [-0.2, -0.15) is 0 Å². The van der Waals surface area contributed by atoms with Crippen molar-refractivity contribution in [2.24, 2.45) is 0 Å². The molecular weight excluding hydrogens is 270 g/mol. The number of hydrogen-bond donors (Lipinski definition) is 2. The Morgan fingerprint density at radius 2 is 2.30 bits per heavy atom. The zero-order valence-electron chi connectivity index (χ0n) is 11.6. The van der Waals surface area contributed by atoms with Gasteiger partial charge in [-0.3, -0.25) is 0 Å². The van der Waals surface area contributed by atoms with E-state index in [0.717, 1.165) is 23.4 Å². The summed E-state index contributed by atoms with van der Waals surface area (Å²) in [6.07, 6.45) is 3.59. The normalized spacial score (nSPS) is 17.6. The van der Waals surface area contributed by atoms with E-state index < -0.39 is 0 Å². The highest BCUT2D eigenvalue weighted by Gasteiger charge is 2.21. The molecule has 1 atom stereocenters. The molecule has 106 valence electrons. The maximum atomic E-state index is 9.40. The molecule has 1 aromatic heterocycles. The highest BCUT2D eigenvalue weighted by molar-refractivity contribution is 7.10. The Morgan fingerprint density at radius 1 is 1.40 bits per heavy atom. The van der Waals surface area contributed by atoms with E-state index in [1.54, 1.807) is 7.11 Å². The van der Waals surface area contributed by atoms with Crippen LogP contribution in [0.4, 0.5) is 5.69 Å². The Bertz CT molecular complexity index is 594. The molecule has 1 aromatic carbocycles. The van der Waals surface area contributed by atoms with Crippen LogP contribution in [0, 0.1) is 0 Å². The second kappa shape index (κ2) is 5.85. The second-order valence-corrected chi connectivity index (χ2v) is 6.07. The van der Waals surface area contributed by atoms with Crippen LogP contribution in [0.25, 0.3) is 0 Å². The van der Waals surface area contributed by atoms with Crippen LogP contribution < -0.4 is 10.1 Å². The number of hydrogen-bond acceptors (Lipinski definition) is 4. The van der Waals surface area contributed by atoms with Gasteiger partial charge >= 0.3 is 0 Å². The predicted octanol–water partition coefficient (Wildman–Crippen LogP) is 3.74. The van der Waals surface area contributed by atoms with Crippen molar-refractivity contribution >= 4 is 17.0 Å². The van der Waals surface area contributed by atoms with Gasteiger partial charge in [-0.1, -0.05) is 0 Å². The Hall–Kier alpha value is -1.52. The lowest BCUT2D eigenvalue weighted by Crippen LogP contribution is -2.15. The third-order valence-electron chi connectivity index (χ3n) is 3.84. The average Bonchev–Trinajstić information content (AvgIpc) is 2.96. The number of anilines is 1. The molecule has 1 aliphatic carbocycles. The number of aryl methyl sites for hydroxylation is 1. The van der Waals surface area contributed by atoms with Gasteiger partial charge < -0.3 is 15.2 Å². The summed E-state index contributed by atoms with van der Waals surface area (Å²) in [4.78, 5) is 1.50. The van der Waals surface area contributed by atoms with Gasteiger partial charge in [-0.05, 0) is 54.5 Å². The lowest BCUT2D eigenvalue weighted by molar-refractivity contribution is 0.274. The minimum Gasteiger partial charge on any atom is -0.496 e. The van der Waals surface area contributed by atoms with Crippen LogP contribution in [0.15, 0.2) is 29.6 Å². The molecule has 4 heteroatoms. The van der Waals surface area contributed by atoms with Crippen molar-refractivity contribution < 1.29 is 9.84 Å². The fourth-order valence-corrected chi connectivity index (χ4v) is 3.82. The molecule has 0 aliphatic heterocycles. The van der Waals surface area contributed by atoms with E-state index >= 15 is 0 Å². The maximum absolute atomic E-state index is 9.40. The minimum absolute atomic E-state index is 0.00688. The van der Waals surface area contributed by atoms with Gasteiger partial charge in [0.05, 0.1) is 19.8 Å². The first-order valence-corrected chi connectivity index (χ1v) is 7.80. The molecule has 20 heavy (non-hydrogen) atoms. The molecule has 1 unspecified atom stereocenters. The number of ether oxygens (including phenoxy) is 1. The van der Waals surface area contributed by atoms with E-state index in [4.69, 9.17) is 4.74 Å². The van der Waals surface area contributed by atoms with Gasteiger partial charge in [-0.15, -0.1) is 11.3 Å².